The Morgan fingerprint density at radius 1 is 1.35 bits per heavy atom. The second kappa shape index (κ2) is 4.67. The van der Waals surface area contributed by atoms with E-state index >= 15 is 0 Å². The van der Waals surface area contributed by atoms with Gasteiger partial charge in [0, 0.05) is 24.5 Å². The number of hydrogen-bond donors (Lipinski definition) is 1. The number of nitrogens with one attached hydrogen (secondary N) is 1. The van der Waals surface area contributed by atoms with Crippen LogP contribution >= 0.6 is 0 Å². The van der Waals surface area contributed by atoms with Crippen LogP contribution in [0, 0.1) is 17.1 Å². The summed E-state index contributed by atoms with van der Waals surface area (Å²) < 4.78 is 15.1. The van der Waals surface area contributed by atoms with Crippen LogP contribution in [0.3, 0.4) is 0 Å². The standard InChI is InChI=1S/C15H10FN3O/c16-13-4-3-10(6-11(13)8-17)7-12-9-18-15(20)14-2-1-5-19(12)14/h1-6,9H,7H2,(H,18,20). The third-order valence-electron chi connectivity index (χ3n) is 3.20. The third-order valence-corrected chi connectivity index (χ3v) is 3.20. The van der Waals surface area contributed by atoms with Crippen LogP contribution in [0.2, 0.25) is 0 Å². The highest BCUT2D eigenvalue weighted by molar-refractivity contribution is 5.47. The maximum atomic E-state index is 13.3. The van der Waals surface area contributed by atoms with Crippen molar-refractivity contribution in [3.8, 4) is 6.07 Å². The number of rotatable bonds is 2. The average Bonchev–Trinajstić information content (AvgIpc) is 2.94. The molecule has 0 aliphatic carbocycles. The summed E-state index contributed by atoms with van der Waals surface area (Å²) in [5.74, 6) is -0.524. The minimum absolute atomic E-state index is 0.0238. The molecule has 0 saturated heterocycles. The van der Waals surface area contributed by atoms with Gasteiger partial charge in [0.15, 0.2) is 0 Å². The lowest BCUT2D eigenvalue weighted by Gasteiger charge is -2.06. The van der Waals surface area contributed by atoms with Gasteiger partial charge in [-0.25, -0.2) is 4.39 Å². The molecule has 0 saturated carbocycles. The molecule has 2 aromatic heterocycles. The van der Waals surface area contributed by atoms with Crippen LogP contribution in [-0.2, 0) is 6.42 Å². The molecule has 4 nitrogen and oxygen atoms in total. The average molecular weight is 267 g/mol. The van der Waals surface area contributed by atoms with E-state index in [1.54, 1.807) is 35.0 Å². The third kappa shape index (κ3) is 1.97. The number of nitriles is 1. The molecule has 1 aromatic carbocycles. The fraction of sp³-hybridized carbons (Fsp3) is 0.0667. The van der Waals surface area contributed by atoms with Crippen LogP contribution in [0.15, 0.2) is 47.5 Å². The quantitative estimate of drug-likeness (QED) is 0.774. The van der Waals surface area contributed by atoms with Crippen molar-refractivity contribution in [3.05, 3.63) is 75.7 Å². The van der Waals surface area contributed by atoms with Gasteiger partial charge in [0.2, 0.25) is 0 Å². The predicted molar refractivity (Wildman–Crippen MR) is 71.9 cm³/mol. The summed E-state index contributed by atoms with van der Waals surface area (Å²) in [4.78, 5) is 14.3. The molecule has 1 N–H and O–H groups in total. The maximum Gasteiger partial charge on any atom is 0.272 e. The first kappa shape index (κ1) is 12.2. The zero-order valence-electron chi connectivity index (χ0n) is 10.4. The van der Waals surface area contributed by atoms with Crippen LogP contribution in [0.5, 0.6) is 0 Å². The number of halogens is 1. The summed E-state index contributed by atoms with van der Waals surface area (Å²) in [5.41, 5.74) is 2.10. The Balaban J connectivity index is 2.06. The fourth-order valence-electron chi connectivity index (χ4n) is 2.22. The monoisotopic (exact) mass is 267 g/mol. The molecular formula is C15H10FN3O. The fourth-order valence-corrected chi connectivity index (χ4v) is 2.22. The molecule has 20 heavy (non-hydrogen) atoms. The normalized spacial score (nSPS) is 10.6. The van der Waals surface area contributed by atoms with Gasteiger partial charge in [-0.15, -0.1) is 0 Å². The largest absolute Gasteiger partial charge is 0.326 e. The van der Waals surface area contributed by atoms with Crippen LogP contribution < -0.4 is 5.56 Å². The number of H-pyrrole nitrogens is 1. The second-order valence-corrected chi connectivity index (χ2v) is 4.48. The van der Waals surface area contributed by atoms with E-state index in [2.05, 4.69) is 4.98 Å². The van der Waals surface area contributed by atoms with Crippen molar-refractivity contribution in [2.75, 3.05) is 0 Å². The molecule has 2 heterocycles. The Morgan fingerprint density at radius 3 is 3.00 bits per heavy atom. The Kier molecular flexibility index (Phi) is 2.84. The molecule has 0 unspecified atom stereocenters. The lowest BCUT2D eigenvalue weighted by atomic mass is 10.1. The lowest BCUT2D eigenvalue weighted by molar-refractivity contribution is 0.623. The number of aromatic nitrogens is 2. The molecule has 3 rings (SSSR count). The molecule has 0 spiro atoms. The number of fused-ring (bicyclic) bond motifs is 1. The van der Waals surface area contributed by atoms with Crippen LogP contribution in [0.1, 0.15) is 16.8 Å². The van der Waals surface area contributed by atoms with E-state index in [0.717, 1.165) is 11.3 Å². The summed E-state index contributed by atoms with van der Waals surface area (Å²) in [7, 11) is 0. The highest BCUT2D eigenvalue weighted by Gasteiger charge is 2.07. The highest BCUT2D eigenvalue weighted by Crippen LogP contribution is 2.14. The number of hydrogen-bond acceptors (Lipinski definition) is 2. The van der Waals surface area contributed by atoms with Gasteiger partial charge in [-0.3, -0.25) is 4.79 Å². The van der Waals surface area contributed by atoms with Gasteiger partial charge in [-0.1, -0.05) is 6.07 Å². The topological polar surface area (TPSA) is 61.1 Å². The van der Waals surface area contributed by atoms with Crippen molar-refractivity contribution < 1.29 is 4.39 Å². The van der Waals surface area contributed by atoms with Crippen LogP contribution in [0.4, 0.5) is 4.39 Å². The van der Waals surface area contributed by atoms with Crippen molar-refractivity contribution in [2.24, 2.45) is 0 Å². The van der Waals surface area contributed by atoms with Crippen molar-refractivity contribution in [1.29, 1.82) is 5.26 Å². The summed E-state index contributed by atoms with van der Waals surface area (Å²) >= 11 is 0. The Morgan fingerprint density at radius 2 is 2.20 bits per heavy atom. The van der Waals surface area contributed by atoms with Crippen LogP contribution in [-0.4, -0.2) is 9.38 Å². The van der Waals surface area contributed by atoms with E-state index < -0.39 is 5.82 Å². The van der Waals surface area contributed by atoms with Gasteiger partial charge in [-0.2, -0.15) is 5.26 Å². The van der Waals surface area contributed by atoms with E-state index in [4.69, 9.17) is 5.26 Å². The maximum absolute atomic E-state index is 13.3. The molecule has 0 amide bonds. The number of nitrogens with zero attached hydrogens (tertiary/aromatic N) is 2. The Hall–Kier alpha value is -2.87. The van der Waals surface area contributed by atoms with E-state index in [1.165, 1.54) is 12.1 Å². The van der Waals surface area contributed by atoms with Gasteiger partial charge in [0.25, 0.3) is 5.56 Å². The van der Waals surface area contributed by atoms with Gasteiger partial charge in [0.1, 0.15) is 17.4 Å². The predicted octanol–water partition coefficient (Wildman–Crippen LogP) is 2.23. The first-order valence-corrected chi connectivity index (χ1v) is 6.05. The summed E-state index contributed by atoms with van der Waals surface area (Å²) in [5, 5.41) is 8.84. The number of benzene rings is 1. The minimum atomic E-state index is -0.524. The first-order valence-electron chi connectivity index (χ1n) is 6.05. The number of aromatic amines is 1. The molecule has 0 radical (unpaired) electrons. The molecule has 0 atom stereocenters. The first-order chi connectivity index (χ1) is 9.69. The van der Waals surface area contributed by atoms with E-state index in [9.17, 15) is 9.18 Å². The lowest BCUT2D eigenvalue weighted by Crippen LogP contribution is -2.11. The van der Waals surface area contributed by atoms with Crippen LogP contribution in [0.25, 0.3) is 5.52 Å². The molecule has 98 valence electrons. The molecule has 0 bridgehead atoms. The zero-order valence-corrected chi connectivity index (χ0v) is 10.4. The van der Waals surface area contributed by atoms with E-state index in [0.29, 0.717) is 11.9 Å². The summed E-state index contributed by atoms with van der Waals surface area (Å²) in [6.07, 6.45) is 3.93. The molecular weight excluding hydrogens is 257 g/mol. The van der Waals surface area contributed by atoms with Gasteiger partial charge >= 0.3 is 0 Å². The molecule has 3 aromatic rings. The highest BCUT2D eigenvalue weighted by atomic mass is 19.1. The Bertz CT molecular complexity index is 886. The van der Waals surface area contributed by atoms with E-state index in [1.807, 2.05) is 6.07 Å². The summed E-state index contributed by atoms with van der Waals surface area (Å²) in [6.45, 7) is 0. The minimum Gasteiger partial charge on any atom is -0.326 e. The van der Waals surface area contributed by atoms with Crippen molar-refractivity contribution in [2.45, 2.75) is 6.42 Å². The van der Waals surface area contributed by atoms with Gasteiger partial charge in [0.05, 0.1) is 5.56 Å². The molecule has 0 aliphatic rings. The van der Waals surface area contributed by atoms with Crippen molar-refractivity contribution >= 4 is 5.52 Å². The molecule has 5 heteroatoms. The van der Waals surface area contributed by atoms with Crippen molar-refractivity contribution in [3.63, 3.8) is 0 Å². The Labute approximate surface area is 113 Å². The smallest absolute Gasteiger partial charge is 0.272 e. The zero-order chi connectivity index (χ0) is 14.1. The van der Waals surface area contributed by atoms with Gasteiger partial charge in [-0.05, 0) is 29.8 Å². The second-order valence-electron chi connectivity index (χ2n) is 4.48. The molecule has 0 fully saturated rings. The van der Waals surface area contributed by atoms with E-state index in [-0.39, 0.29) is 11.1 Å². The van der Waals surface area contributed by atoms with Gasteiger partial charge < -0.3 is 9.38 Å². The SMILES string of the molecule is N#Cc1cc(Cc2c[nH]c(=O)c3cccn23)ccc1F. The summed E-state index contributed by atoms with van der Waals surface area (Å²) in [6, 6.07) is 9.79. The molecule has 0 aliphatic heterocycles. The van der Waals surface area contributed by atoms with Crippen molar-refractivity contribution in [1.82, 2.24) is 9.38 Å².